The van der Waals surface area contributed by atoms with Crippen molar-refractivity contribution in [3.05, 3.63) is 42.1 Å². The van der Waals surface area contributed by atoms with E-state index < -0.39 is 0 Å². The van der Waals surface area contributed by atoms with Gasteiger partial charge in [-0.05, 0) is 24.0 Å². The van der Waals surface area contributed by atoms with Gasteiger partial charge in [-0.2, -0.15) is 0 Å². The van der Waals surface area contributed by atoms with Crippen LogP contribution >= 0.6 is 11.6 Å². The minimum atomic E-state index is -0.180. The molecule has 0 radical (unpaired) electrons. The number of alkyl halides is 1. The maximum Gasteiger partial charge on any atom is 0.269 e. The molecule has 1 aromatic carbocycles. The summed E-state index contributed by atoms with van der Waals surface area (Å²) < 4.78 is 0. The van der Waals surface area contributed by atoms with Gasteiger partial charge in [0.25, 0.3) is 5.91 Å². The lowest BCUT2D eigenvalue weighted by atomic mass is 9.90. The number of amides is 1. The van der Waals surface area contributed by atoms with Gasteiger partial charge in [0.1, 0.15) is 5.69 Å². The molecule has 1 aromatic heterocycles. The molecule has 1 unspecified atom stereocenters. The van der Waals surface area contributed by atoms with Crippen molar-refractivity contribution in [3.8, 4) is 0 Å². The van der Waals surface area contributed by atoms with Crippen LogP contribution in [0.4, 0.5) is 0 Å². The Morgan fingerprint density at radius 2 is 1.95 bits per heavy atom. The number of rotatable bonds is 4. The number of hydrogen-bond donors (Lipinski definition) is 1. The van der Waals surface area contributed by atoms with Crippen molar-refractivity contribution in [2.45, 2.75) is 32.6 Å². The molecular weight excluding hydrogens is 284 g/mol. The Hall–Kier alpha value is -1.61. The molecule has 0 saturated heterocycles. The second-order valence-electron chi connectivity index (χ2n) is 6.46. The summed E-state index contributed by atoms with van der Waals surface area (Å²) >= 11 is 6.26. The number of halogens is 1. The summed E-state index contributed by atoms with van der Waals surface area (Å²) in [6.07, 6.45) is 0.847. The molecule has 0 aliphatic rings. The number of aromatic nitrogens is 1. The molecule has 0 aliphatic heterocycles. The number of nitrogens with one attached hydrogen (secondary N) is 1. The maximum absolute atomic E-state index is 12.1. The molecule has 1 atom stereocenters. The monoisotopic (exact) mass is 304 g/mol. The normalized spacial score (nSPS) is 13.1. The predicted octanol–water partition coefficient (Wildman–Crippen LogP) is 4.01. The van der Waals surface area contributed by atoms with E-state index in [4.69, 9.17) is 11.6 Å². The van der Waals surface area contributed by atoms with E-state index in [0.717, 1.165) is 17.3 Å². The Balaban J connectivity index is 1.99. The van der Waals surface area contributed by atoms with Crippen LogP contribution in [0.2, 0.25) is 0 Å². The first-order valence-corrected chi connectivity index (χ1v) is 7.57. The molecule has 21 heavy (non-hydrogen) atoms. The third-order valence-corrected chi connectivity index (χ3v) is 3.46. The molecule has 1 amide bonds. The highest BCUT2D eigenvalue weighted by Crippen LogP contribution is 2.23. The van der Waals surface area contributed by atoms with Gasteiger partial charge in [0.05, 0.1) is 10.9 Å². The van der Waals surface area contributed by atoms with Gasteiger partial charge in [0, 0.05) is 11.9 Å². The van der Waals surface area contributed by atoms with E-state index in [1.54, 1.807) is 6.07 Å². The summed E-state index contributed by atoms with van der Waals surface area (Å²) in [4.78, 5) is 16.5. The zero-order chi connectivity index (χ0) is 15.5. The van der Waals surface area contributed by atoms with E-state index in [0.29, 0.717) is 12.2 Å². The summed E-state index contributed by atoms with van der Waals surface area (Å²) in [7, 11) is 0. The number of nitrogens with zero attached hydrogens (tertiary/aromatic N) is 1. The third-order valence-electron chi connectivity index (χ3n) is 3.15. The second kappa shape index (κ2) is 6.44. The fourth-order valence-corrected chi connectivity index (χ4v) is 2.76. The van der Waals surface area contributed by atoms with Gasteiger partial charge >= 0.3 is 0 Å². The van der Waals surface area contributed by atoms with Gasteiger partial charge in [-0.15, -0.1) is 11.6 Å². The minimum Gasteiger partial charge on any atom is -0.349 e. The molecule has 0 aliphatic carbocycles. The van der Waals surface area contributed by atoms with Crippen LogP contribution in [-0.4, -0.2) is 22.8 Å². The zero-order valence-electron chi connectivity index (χ0n) is 12.7. The lowest BCUT2D eigenvalue weighted by Crippen LogP contribution is -2.32. The number of para-hydroxylation sites is 1. The molecular formula is C17H21ClN2O. The molecule has 0 bridgehead atoms. The number of hydrogen-bond acceptors (Lipinski definition) is 2. The van der Waals surface area contributed by atoms with Crippen molar-refractivity contribution in [3.63, 3.8) is 0 Å². The van der Waals surface area contributed by atoms with E-state index in [1.807, 2.05) is 30.3 Å². The largest absolute Gasteiger partial charge is 0.349 e. The molecule has 3 nitrogen and oxygen atoms in total. The van der Waals surface area contributed by atoms with Gasteiger partial charge in [-0.3, -0.25) is 4.79 Å². The molecule has 0 fully saturated rings. The van der Waals surface area contributed by atoms with Crippen LogP contribution in [-0.2, 0) is 0 Å². The quantitative estimate of drug-likeness (QED) is 0.867. The van der Waals surface area contributed by atoms with E-state index >= 15 is 0 Å². The first-order chi connectivity index (χ1) is 9.85. The SMILES string of the molecule is CC(C)(C)CC(Cl)CNC(=O)c1ccc2ccccc2n1. The van der Waals surface area contributed by atoms with Crippen molar-refractivity contribution in [1.29, 1.82) is 0 Å². The molecule has 4 heteroatoms. The number of pyridine rings is 1. The summed E-state index contributed by atoms with van der Waals surface area (Å²) in [5.74, 6) is -0.180. The predicted molar refractivity (Wildman–Crippen MR) is 87.8 cm³/mol. The van der Waals surface area contributed by atoms with Crippen LogP contribution in [0.25, 0.3) is 10.9 Å². The fraction of sp³-hybridized carbons (Fsp3) is 0.412. The molecule has 0 saturated carbocycles. The molecule has 1 heterocycles. The van der Waals surface area contributed by atoms with Crippen LogP contribution in [0.15, 0.2) is 36.4 Å². The summed E-state index contributed by atoms with van der Waals surface area (Å²) in [6, 6.07) is 11.4. The van der Waals surface area contributed by atoms with Crippen LogP contribution in [0, 0.1) is 5.41 Å². The van der Waals surface area contributed by atoms with Crippen LogP contribution < -0.4 is 5.32 Å². The van der Waals surface area contributed by atoms with Crippen molar-refractivity contribution < 1.29 is 4.79 Å². The van der Waals surface area contributed by atoms with Crippen LogP contribution in [0.3, 0.4) is 0 Å². The summed E-state index contributed by atoms with van der Waals surface area (Å²) in [5, 5.41) is 3.80. The molecule has 2 rings (SSSR count). The van der Waals surface area contributed by atoms with Gasteiger partial charge in [0.15, 0.2) is 0 Å². The number of carbonyl (C=O) groups excluding carboxylic acids is 1. The standard InChI is InChI=1S/C17H21ClN2O/c1-17(2,3)10-13(18)11-19-16(21)15-9-8-12-6-4-5-7-14(12)20-15/h4-9,13H,10-11H2,1-3H3,(H,19,21). The summed E-state index contributed by atoms with van der Waals surface area (Å²) in [5.41, 5.74) is 1.40. The molecule has 2 aromatic rings. The Bertz CT molecular complexity index is 634. The van der Waals surface area contributed by atoms with Gasteiger partial charge in [-0.25, -0.2) is 4.98 Å². The van der Waals surface area contributed by atoms with Gasteiger partial charge in [0.2, 0.25) is 0 Å². The molecule has 112 valence electrons. The van der Waals surface area contributed by atoms with Crippen molar-refractivity contribution in [2.75, 3.05) is 6.54 Å². The lowest BCUT2D eigenvalue weighted by molar-refractivity contribution is 0.0947. The van der Waals surface area contributed by atoms with Crippen LogP contribution in [0.5, 0.6) is 0 Å². The average Bonchev–Trinajstić information content (AvgIpc) is 2.42. The average molecular weight is 305 g/mol. The van der Waals surface area contributed by atoms with E-state index in [-0.39, 0.29) is 16.7 Å². The van der Waals surface area contributed by atoms with Crippen molar-refractivity contribution in [1.82, 2.24) is 10.3 Å². The smallest absolute Gasteiger partial charge is 0.269 e. The van der Waals surface area contributed by atoms with Gasteiger partial charge < -0.3 is 5.32 Å². The summed E-state index contributed by atoms with van der Waals surface area (Å²) in [6.45, 7) is 6.85. The first-order valence-electron chi connectivity index (χ1n) is 7.13. The Kier molecular flexibility index (Phi) is 4.84. The Labute approximate surface area is 130 Å². The van der Waals surface area contributed by atoms with E-state index in [1.165, 1.54) is 0 Å². The first kappa shape index (κ1) is 15.8. The number of carbonyl (C=O) groups is 1. The maximum atomic E-state index is 12.1. The highest BCUT2D eigenvalue weighted by Gasteiger charge is 2.18. The fourth-order valence-electron chi connectivity index (χ4n) is 2.22. The zero-order valence-corrected chi connectivity index (χ0v) is 13.4. The lowest BCUT2D eigenvalue weighted by Gasteiger charge is -2.21. The highest BCUT2D eigenvalue weighted by molar-refractivity contribution is 6.21. The second-order valence-corrected chi connectivity index (χ2v) is 7.08. The van der Waals surface area contributed by atoms with Gasteiger partial charge in [-0.1, -0.05) is 45.0 Å². The topological polar surface area (TPSA) is 42.0 Å². The third kappa shape index (κ3) is 4.71. The molecule has 0 spiro atoms. The van der Waals surface area contributed by atoms with Crippen molar-refractivity contribution in [2.24, 2.45) is 5.41 Å². The Morgan fingerprint density at radius 3 is 2.67 bits per heavy atom. The molecule has 1 N–H and O–H groups in total. The van der Waals surface area contributed by atoms with E-state index in [2.05, 4.69) is 31.1 Å². The minimum absolute atomic E-state index is 0.0746. The number of benzene rings is 1. The van der Waals surface area contributed by atoms with E-state index in [9.17, 15) is 4.79 Å². The van der Waals surface area contributed by atoms with Crippen LogP contribution in [0.1, 0.15) is 37.7 Å². The Morgan fingerprint density at radius 1 is 1.24 bits per heavy atom. The van der Waals surface area contributed by atoms with Crippen molar-refractivity contribution >= 4 is 28.4 Å². The highest BCUT2D eigenvalue weighted by atomic mass is 35.5. The number of fused-ring (bicyclic) bond motifs is 1.